The van der Waals surface area contributed by atoms with Crippen LogP contribution in [0.15, 0.2) is 24.3 Å². The summed E-state index contributed by atoms with van der Waals surface area (Å²) in [5.41, 5.74) is 1.08. The summed E-state index contributed by atoms with van der Waals surface area (Å²) in [5.74, 6) is 0.241. The average Bonchev–Trinajstić information content (AvgIpc) is 3.19. The van der Waals surface area contributed by atoms with Crippen LogP contribution < -0.4 is 5.32 Å². The first-order chi connectivity index (χ1) is 8.61. The molecular formula is C14H18ClNO2. The first kappa shape index (κ1) is 13.4. The van der Waals surface area contributed by atoms with Gasteiger partial charge in [0, 0.05) is 11.1 Å². The molecule has 0 heterocycles. The topological polar surface area (TPSA) is 38.3 Å². The third-order valence-corrected chi connectivity index (χ3v) is 3.56. The van der Waals surface area contributed by atoms with Gasteiger partial charge in [0.15, 0.2) is 0 Å². The number of halogens is 1. The Morgan fingerprint density at radius 1 is 1.50 bits per heavy atom. The molecule has 1 fully saturated rings. The Morgan fingerprint density at radius 2 is 2.22 bits per heavy atom. The van der Waals surface area contributed by atoms with Crippen molar-refractivity contribution in [3.8, 4) is 0 Å². The van der Waals surface area contributed by atoms with Crippen LogP contribution in [0.5, 0.6) is 0 Å². The summed E-state index contributed by atoms with van der Waals surface area (Å²) in [7, 11) is 1.43. The molecule has 98 valence electrons. The van der Waals surface area contributed by atoms with Crippen LogP contribution in [0.3, 0.4) is 0 Å². The van der Waals surface area contributed by atoms with Crippen LogP contribution in [-0.2, 0) is 9.53 Å². The minimum Gasteiger partial charge on any atom is -0.468 e. The van der Waals surface area contributed by atoms with Crippen LogP contribution in [0.25, 0.3) is 0 Å². The van der Waals surface area contributed by atoms with Crippen LogP contribution in [0, 0.1) is 5.92 Å². The summed E-state index contributed by atoms with van der Waals surface area (Å²) < 4.78 is 4.85. The fourth-order valence-electron chi connectivity index (χ4n) is 2.09. The Morgan fingerprint density at radius 3 is 2.78 bits per heavy atom. The molecule has 1 saturated carbocycles. The van der Waals surface area contributed by atoms with E-state index < -0.39 is 0 Å². The van der Waals surface area contributed by atoms with Crippen molar-refractivity contribution < 1.29 is 9.53 Å². The summed E-state index contributed by atoms with van der Waals surface area (Å²) in [5, 5.41) is 4.05. The fraction of sp³-hybridized carbons (Fsp3) is 0.500. The summed E-state index contributed by atoms with van der Waals surface area (Å²) in [6.45, 7) is 2.03. The molecule has 18 heavy (non-hydrogen) atoms. The largest absolute Gasteiger partial charge is 0.468 e. The average molecular weight is 268 g/mol. The molecule has 0 radical (unpaired) electrons. The van der Waals surface area contributed by atoms with Gasteiger partial charge in [-0.05, 0) is 43.4 Å². The lowest BCUT2D eigenvalue weighted by Crippen LogP contribution is -2.40. The van der Waals surface area contributed by atoms with Crippen molar-refractivity contribution in [1.82, 2.24) is 5.32 Å². The van der Waals surface area contributed by atoms with E-state index in [1.165, 1.54) is 7.11 Å². The molecule has 1 aliphatic rings. The van der Waals surface area contributed by atoms with E-state index in [-0.39, 0.29) is 18.1 Å². The van der Waals surface area contributed by atoms with E-state index in [0.717, 1.165) is 18.4 Å². The quantitative estimate of drug-likeness (QED) is 0.834. The molecule has 4 heteroatoms. The molecule has 1 aromatic rings. The zero-order valence-electron chi connectivity index (χ0n) is 10.7. The Kier molecular flexibility index (Phi) is 4.25. The summed E-state index contributed by atoms with van der Waals surface area (Å²) in [6, 6.07) is 7.55. The second-order valence-corrected chi connectivity index (χ2v) is 5.22. The number of carbonyl (C=O) groups is 1. The maximum Gasteiger partial charge on any atom is 0.323 e. The van der Waals surface area contributed by atoms with Crippen molar-refractivity contribution in [1.29, 1.82) is 0 Å². The van der Waals surface area contributed by atoms with Crippen molar-refractivity contribution in [2.24, 2.45) is 5.92 Å². The summed E-state index contributed by atoms with van der Waals surface area (Å²) >= 11 is 5.97. The molecule has 3 nitrogen and oxygen atoms in total. The zero-order valence-corrected chi connectivity index (χ0v) is 11.4. The van der Waals surface area contributed by atoms with Gasteiger partial charge in [-0.3, -0.25) is 10.1 Å². The Balaban J connectivity index is 2.04. The molecule has 0 aliphatic heterocycles. The molecule has 1 N–H and O–H groups in total. The molecule has 0 amide bonds. The molecule has 0 aromatic heterocycles. The van der Waals surface area contributed by atoms with Gasteiger partial charge in [-0.2, -0.15) is 0 Å². The van der Waals surface area contributed by atoms with Gasteiger partial charge in [0.1, 0.15) is 6.04 Å². The van der Waals surface area contributed by atoms with Crippen LogP contribution in [0.2, 0.25) is 5.02 Å². The zero-order chi connectivity index (χ0) is 13.1. The predicted molar refractivity (Wildman–Crippen MR) is 71.5 cm³/mol. The van der Waals surface area contributed by atoms with Crippen LogP contribution in [0.1, 0.15) is 31.4 Å². The molecule has 1 unspecified atom stereocenters. The first-order valence-electron chi connectivity index (χ1n) is 6.21. The second kappa shape index (κ2) is 5.72. The first-order valence-corrected chi connectivity index (χ1v) is 6.59. The van der Waals surface area contributed by atoms with Gasteiger partial charge in [0.2, 0.25) is 0 Å². The number of rotatable bonds is 5. The highest BCUT2D eigenvalue weighted by Gasteiger charge is 2.37. The van der Waals surface area contributed by atoms with Gasteiger partial charge >= 0.3 is 5.97 Å². The standard InChI is InChI=1S/C14H18ClNO2/c1-9(11-4-3-5-12(15)8-11)16-13(10-6-7-10)14(17)18-2/h3-5,8-10,13,16H,6-7H2,1-2H3/t9-,13?/m1/s1. The monoisotopic (exact) mass is 267 g/mol. The van der Waals surface area contributed by atoms with E-state index in [2.05, 4.69) is 5.32 Å². The van der Waals surface area contributed by atoms with Gasteiger partial charge in [-0.15, -0.1) is 0 Å². The molecule has 0 bridgehead atoms. The van der Waals surface area contributed by atoms with Gasteiger partial charge in [-0.25, -0.2) is 0 Å². The van der Waals surface area contributed by atoms with Gasteiger partial charge < -0.3 is 4.74 Å². The Labute approximate surface area is 112 Å². The SMILES string of the molecule is COC(=O)C(N[C@H](C)c1cccc(Cl)c1)C1CC1. The summed E-state index contributed by atoms with van der Waals surface area (Å²) in [4.78, 5) is 11.7. The minimum atomic E-state index is -0.205. The third-order valence-electron chi connectivity index (χ3n) is 3.33. The Bertz CT molecular complexity index is 432. The van der Waals surface area contributed by atoms with Crippen LogP contribution in [-0.4, -0.2) is 19.1 Å². The van der Waals surface area contributed by atoms with Gasteiger partial charge in [0.25, 0.3) is 0 Å². The predicted octanol–water partition coefficient (Wildman–Crippen LogP) is 2.94. The molecule has 0 spiro atoms. The molecule has 0 saturated heterocycles. The Hall–Kier alpha value is -1.06. The van der Waals surface area contributed by atoms with E-state index in [9.17, 15) is 4.79 Å². The van der Waals surface area contributed by atoms with Gasteiger partial charge in [0.05, 0.1) is 7.11 Å². The lowest BCUT2D eigenvalue weighted by molar-refractivity contribution is -0.144. The number of benzene rings is 1. The number of methoxy groups -OCH3 is 1. The highest BCUT2D eigenvalue weighted by Crippen LogP contribution is 2.34. The number of nitrogens with one attached hydrogen (secondary N) is 1. The van der Waals surface area contributed by atoms with Gasteiger partial charge in [-0.1, -0.05) is 23.7 Å². The number of hydrogen-bond donors (Lipinski definition) is 1. The van der Waals surface area contributed by atoms with Crippen molar-refractivity contribution in [3.63, 3.8) is 0 Å². The van der Waals surface area contributed by atoms with Crippen LogP contribution >= 0.6 is 11.6 Å². The van der Waals surface area contributed by atoms with Crippen molar-refractivity contribution in [2.75, 3.05) is 7.11 Å². The smallest absolute Gasteiger partial charge is 0.323 e. The second-order valence-electron chi connectivity index (χ2n) is 4.78. The maximum absolute atomic E-state index is 11.7. The third kappa shape index (κ3) is 3.24. The molecule has 2 rings (SSSR count). The molecular weight excluding hydrogens is 250 g/mol. The van der Waals surface area contributed by atoms with E-state index in [1.807, 2.05) is 31.2 Å². The fourth-order valence-corrected chi connectivity index (χ4v) is 2.29. The molecule has 1 aromatic carbocycles. The normalized spacial score (nSPS) is 18.2. The lowest BCUT2D eigenvalue weighted by Gasteiger charge is -2.21. The van der Waals surface area contributed by atoms with E-state index in [0.29, 0.717) is 10.9 Å². The van der Waals surface area contributed by atoms with Crippen LogP contribution in [0.4, 0.5) is 0 Å². The molecule has 1 aliphatic carbocycles. The molecule has 2 atom stereocenters. The highest BCUT2D eigenvalue weighted by atomic mass is 35.5. The van der Waals surface area contributed by atoms with Crippen molar-refractivity contribution in [3.05, 3.63) is 34.9 Å². The summed E-state index contributed by atoms with van der Waals surface area (Å²) in [6.07, 6.45) is 2.18. The lowest BCUT2D eigenvalue weighted by atomic mass is 10.1. The number of esters is 1. The minimum absolute atomic E-state index is 0.0772. The van der Waals surface area contributed by atoms with Crippen molar-refractivity contribution >= 4 is 17.6 Å². The number of hydrogen-bond acceptors (Lipinski definition) is 3. The van der Waals surface area contributed by atoms with E-state index in [4.69, 9.17) is 16.3 Å². The van der Waals surface area contributed by atoms with Crippen molar-refractivity contribution in [2.45, 2.75) is 31.8 Å². The number of ether oxygens (including phenoxy) is 1. The number of carbonyl (C=O) groups excluding carboxylic acids is 1. The van der Waals surface area contributed by atoms with E-state index in [1.54, 1.807) is 0 Å². The van der Waals surface area contributed by atoms with E-state index >= 15 is 0 Å². The highest BCUT2D eigenvalue weighted by molar-refractivity contribution is 6.30. The maximum atomic E-state index is 11.7.